The summed E-state index contributed by atoms with van der Waals surface area (Å²) in [6.45, 7) is -0.595. The van der Waals surface area contributed by atoms with Crippen LogP contribution in [0.25, 0.3) is 0 Å². The molecule has 0 aliphatic heterocycles. The van der Waals surface area contributed by atoms with E-state index in [0.29, 0.717) is 5.56 Å². The number of carbonyl (C=O) groups is 4. The van der Waals surface area contributed by atoms with E-state index < -0.39 is 24.5 Å². The minimum absolute atomic E-state index is 0.0547. The molecule has 3 aromatic carbocycles. The first kappa shape index (κ1) is 21.4. The molecule has 0 saturated heterocycles. The van der Waals surface area contributed by atoms with E-state index >= 15 is 0 Å². The standard InChI is InChI=1S/C24H19NO6/c1-30-23(28)19-13-7-8-14-20(19)25-21(26)15-31-24(29)18-12-6-5-11-17(18)22(27)16-9-3-2-4-10-16/h2-14H,15H2,1H3,(H,25,26). The van der Waals surface area contributed by atoms with Crippen LogP contribution < -0.4 is 5.32 Å². The van der Waals surface area contributed by atoms with Crippen LogP contribution >= 0.6 is 0 Å². The van der Waals surface area contributed by atoms with E-state index in [1.54, 1.807) is 54.6 Å². The Morgan fingerprint density at radius 3 is 1.97 bits per heavy atom. The second-order valence-electron chi connectivity index (χ2n) is 6.40. The lowest BCUT2D eigenvalue weighted by Gasteiger charge is -2.11. The van der Waals surface area contributed by atoms with Crippen molar-refractivity contribution in [1.29, 1.82) is 0 Å². The van der Waals surface area contributed by atoms with Crippen molar-refractivity contribution in [1.82, 2.24) is 0 Å². The van der Waals surface area contributed by atoms with Gasteiger partial charge in [-0.1, -0.05) is 60.7 Å². The maximum absolute atomic E-state index is 12.7. The van der Waals surface area contributed by atoms with Gasteiger partial charge in [0.25, 0.3) is 5.91 Å². The molecule has 31 heavy (non-hydrogen) atoms. The van der Waals surface area contributed by atoms with Crippen molar-refractivity contribution in [3.8, 4) is 0 Å². The first-order valence-corrected chi connectivity index (χ1v) is 9.34. The highest BCUT2D eigenvalue weighted by atomic mass is 16.5. The summed E-state index contributed by atoms with van der Waals surface area (Å²) in [6, 6.07) is 21.1. The van der Waals surface area contributed by atoms with Crippen LogP contribution in [0.5, 0.6) is 0 Å². The third kappa shape index (κ3) is 5.22. The second-order valence-corrected chi connectivity index (χ2v) is 6.40. The zero-order chi connectivity index (χ0) is 22.2. The summed E-state index contributed by atoms with van der Waals surface area (Å²) in [5.41, 5.74) is 1.06. The van der Waals surface area contributed by atoms with E-state index in [2.05, 4.69) is 10.1 Å². The number of hydrogen-bond acceptors (Lipinski definition) is 6. The smallest absolute Gasteiger partial charge is 0.339 e. The van der Waals surface area contributed by atoms with Crippen molar-refractivity contribution in [2.45, 2.75) is 0 Å². The fraction of sp³-hybridized carbons (Fsp3) is 0.0833. The molecule has 0 heterocycles. The van der Waals surface area contributed by atoms with Gasteiger partial charge in [0.05, 0.1) is 23.9 Å². The van der Waals surface area contributed by atoms with Gasteiger partial charge in [-0.25, -0.2) is 9.59 Å². The molecule has 1 amide bonds. The molecule has 0 radical (unpaired) electrons. The van der Waals surface area contributed by atoms with Gasteiger partial charge in [0.1, 0.15) is 0 Å². The number of amides is 1. The van der Waals surface area contributed by atoms with Crippen LogP contribution in [-0.2, 0) is 14.3 Å². The highest BCUT2D eigenvalue weighted by molar-refractivity contribution is 6.14. The molecule has 0 aliphatic rings. The summed E-state index contributed by atoms with van der Waals surface area (Å²) in [6.07, 6.45) is 0. The Labute approximate surface area is 178 Å². The molecule has 1 N–H and O–H groups in total. The molecular formula is C24H19NO6. The molecule has 3 rings (SSSR count). The molecule has 7 heteroatoms. The average molecular weight is 417 g/mol. The largest absolute Gasteiger partial charge is 0.465 e. The first-order chi connectivity index (χ1) is 15.0. The number of ether oxygens (including phenoxy) is 2. The van der Waals surface area contributed by atoms with Crippen LogP contribution in [0.15, 0.2) is 78.9 Å². The van der Waals surface area contributed by atoms with Crippen LogP contribution in [0, 0.1) is 0 Å². The lowest BCUT2D eigenvalue weighted by molar-refractivity contribution is -0.119. The molecule has 156 valence electrons. The molecule has 0 atom stereocenters. The summed E-state index contributed by atoms with van der Waals surface area (Å²) in [4.78, 5) is 49.3. The maximum Gasteiger partial charge on any atom is 0.339 e. The average Bonchev–Trinajstić information content (AvgIpc) is 2.82. The van der Waals surface area contributed by atoms with Gasteiger partial charge < -0.3 is 14.8 Å². The van der Waals surface area contributed by atoms with Gasteiger partial charge in [-0.15, -0.1) is 0 Å². The van der Waals surface area contributed by atoms with Crippen LogP contribution in [0.2, 0.25) is 0 Å². The summed E-state index contributed by atoms with van der Waals surface area (Å²) in [7, 11) is 1.23. The molecule has 0 bridgehead atoms. The summed E-state index contributed by atoms with van der Waals surface area (Å²) < 4.78 is 9.78. The van der Waals surface area contributed by atoms with Gasteiger partial charge in [0.15, 0.2) is 12.4 Å². The Balaban J connectivity index is 1.69. The predicted molar refractivity (Wildman–Crippen MR) is 113 cm³/mol. The van der Waals surface area contributed by atoms with Crippen molar-refractivity contribution in [2.75, 3.05) is 19.0 Å². The second kappa shape index (κ2) is 9.98. The normalized spacial score (nSPS) is 10.1. The van der Waals surface area contributed by atoms with Crippen LogP contribution in [0.3, 0.4) is 0 Å². The Hall–Kier alpha value is -4.26. The van der Waals surface area contributed by atoms with Gasteiger partial charge >= 0.3 is 11.9 Å². The lowest BCUT2D eigenvalue weighted by Crippen LogP contribution is -2.23. The van der Waals surface area contributed by atoms with Crippen molar-refractivity contribution in [3.05, 3.63) is 101 Å². The number of para-hydroxylation sites is 1. The van der Waals surface area contributed by atoms with Crippen LogP contribution in [-0.4, -0.2) is 37.3 Å². The van der Waals surface area contributed by atoms with E-state index in [0.717, 1.165) is 0 Å². The topological polar surface area (TPSA) is 98.8 Å². The molecule has 7 nitrogen and oxygen atoms in total. The lowest BCUT2D eigenvalue weighted by atomic mass is 9.98. The van der Waals surface area contributed by atoms with Crippen molar-refractivity contribution in [2.24, 2.45) is 0 Å². The maximum atomic E-state index is 12.7. The Morgan fingerprint density at radius 2 is 1.29 bits per heavy atom. The number of hydrogen-bond donors (Lipinski definition) is 1. The van der Waals surface area contributed by atoms with E-state index in [9.17, 15) is 19.2 Å². The van der Waals surface area contributed by atoms with E-state index in [-0.39, 0.29) is 28.2 Å². The van der Waals surface area contributed by atoms with E-state index in [1.807, 2.05) is 0 Å². The highest BCUT2D eigenvalue weighted by Crippen LogP contribution is 2.17. The monoisotopic (exact) mass is 417 g/mol. The molecule has 0 saturated carbocycles. The number of esters is 2. The van der Waals surface area contributed by atoms with Gasteiger partial charge in [-0.05, 0) is 18.2 Å². The van der Waals surface area contributed by atoms with Gasteiger partial charge in [0.2, 0.25) is 0 Å². The zero-order valence-electron chi connectivity index (χ0n) is 16.7. The summed E-state index contributed by atoms with van der Waals surface area (Å²) in [5.74, 6) is -2.39. The number of carbonyl (C=O) groups excluding carboxylic acids is 4. The number of rotatable bonds is 7. The molecule has 0 aliphatic carbocycles. The number of methoxy groups -OCH3 is 1. The highest BCUT2D eigenvalue weighted by Gasteiger charge is 2.20. The molecule has 3 aromatic rings. The summed E-state index contributed by atoms with van der Waals surface area (Å²) in [5, 5.41) is 2.51. The number of nitrogens with one attached hydrogen (secondary N) is 1. The zero-order valence-corrected chi connectivity index (χ0v) is 16.7. The Bertz CT molecular complexity index is 1120. The quantitative estimate of drug-likeness (QED) is 0.467. The van der Waals surface area contributed by atoms with Gasteiger partial charge in [-0.2, -0.15) is 0 Å². The Kier molecular flexibility index (Phi) is 6.90. The third-order valence-corrected chi connectivity index (χ3v) is 4.37. The molecule has 0 aromatic heterocycles. The number of benzene rings is 3. The van der Waals surface area contributed by atoms with Crippen LogP contribution in [0.1, 0.15) is 36.6 Å². The fourth-order valence-electron chi connectivity index (χ4n) is 2.88. The van der Waals surface area contributed by atoms with Gasteiger partial charge in [0, 0.05) is 11.1 Å². The van der Waals surface area contributed by atoms with Crippen molar-refractivity contribution >= 4 is 29.3 Å². The van der Waals surface area contributed by atoms with Gasteiger partial charge in [-0.3, -0.25) is 9.59 Å². The third-order valence-electron chi connectivity index (χ3n) is 4.37. The SMILES string of the molecule is COC(=O)c1ccccc1NC(=O)COC(=O)c1ccccc1C(=O)c1ccccc1. The van der Waals surface area contributed by atoms with Crippen LogP contribution in [0.4, 0.5) is 5.69 Å². The van der Waals surface area contributed by atoms with Crippen molar-refractivity contribution < 1.29 is 28.7 Å². The first-order valence-electron chi connectivity index (χ1n) is 9.34. The minimum Gasteiger partial charge on any atom is -0.465 e. The minimum atomic E-state index is -0.809. The molecule has 0 spiro atoms. The van der Waals surface area contributed by atoms with E-state index in [1.165, 1.54) is 31.4 Å². The predicted octanol–water partition coefficient (Wildman–Crippen LogP) is 3.50. The number of anilines is 1. The summed E-state index contributed by atoms with van der Waals surface area (Å²) >= 11 is 0. The number of ketones is 1. The molecule has 0 unspecified atom stereocenters. The van der Waals surface area contributed by atoms with Crippen molar-refractivity contribution in [3.63, 3.8) is 0 Å². The van der Waals surface area contributed by atoms with E-state index in [4.69, 9.17) is 4.74 Å². The fourth-order valence-corrected chi connectivity index (χ4v) is 2.88. The Morgan fingerprint density at radius 1 is 0.710 bits per heavy atom. The molecule has 0 fully saturated rings. The molecular weight excluding hydrogens is 398 g/mol.